The molecule has 0 saturated heterocycles. The fourth-order valence-electron chi connectivity index (χ4n) is 1.66. The summed E-state index contributed by atoms with van der Waals surface area (Å²) in [6.07, 6.45) is 5.29. The van der Waals surface area contributed by atoms with Gasteiger partial charge in [-0.15, -0.1) is 0 Å². The molecule has 0 aromatic carbocycles. The highest BCUT2D eigenvalue weighted by Gasteiger charge is 2.15. The van der Waals surface area contributed by atoms with Crippen molar-refractivity contribution in [1.82, 2.24) is 0 Å². The van der Waals surface area contributed by atoms with Crippen LogP contribution in [0.25, 0.3) is 0 Å². The number of carboxylic acid groups (broad SMARTS) is 1. The molecule has 1 N–H and O–H groups in total. The van der Waals surface area contributed by atoms with Crippen LogP contribution >= 0.6 is 12.6 Å². The fraction of sp³-hybridized carbons (Fsp3) is 0.857. The highest BCUT2D eigenvalue weighted by molar-refractivity contribution is 7.81. The number of ether oxygens (including phenoxy) is 1. The average molecular weight is 290 g/mol. The number of thiol groups is 1. The second-order valence-electron chi connectivity index (χ2n) is 5.21. The lowest BCUT2D eigenvalue weighted by Crippen LogP contribution is -2.19. The zero-order valence-corrected chi connectivity index (χ0v) is 12.8. The highest BCUT2D eigenvalue weighted by atomic mass is 32.1. The Bertz CT molecular complexity index is 266. The van der Waals surface area contributed by atoms with E-state index in [9.17, 15) is 9.59 Å². The summed E-state index contributed by atoms with van der Waals surface area (Å²) in [4.78, 5) is 21.8. The van der Waals surface area contributed by atoms with E-state index in [1.165, 1.54) is 6.42 Å². The summed E-state index contributed by atoms with van der Waals surface area (Å²) in [5, 5.41) is 7.98. The molecule has 112 valence electrons. The predicted octanol–water partition coefficient (Wildman–Crippen LogP) is 3.30. The first-order valence-corrected chi connectivity index (χ1v) is 7.51. The van der Waals surface area contributed by atoms with Gasteiger partial charge in [0.1, 0.15) is 0 Å². The minimum atomic E-state index is -0.848. The van der Waals surface area contributed by atoms with Crippen LogP contribution in [0.2, 0.25) is 0 Å². The van der Waals surface area contributed by atoms with Crippen molar-refractivity contribution in [2.24, 2.45) is 5.92 Å². The van der Waals surface area contributed by atoms with Crippen LogP contribution in [0.15, 0.2) is 0 Å². The van der Waals surface area contributed by atoms with Crippen molar-refractivity contribution in [3.05, 3.63) is 0 Å². The number of carbonyl (C=O) groups is 2. The molecule has 0 fully saturated rings. The van der Waals surface area contributed by atoms with Crippen molar-refractivity contribution in [3.63, 3.8) is 0 Å². The third kappa shape index (κ3) is 12.1. The number of rotatable bonds is 11. The Balaban J connectivity index is 3.49. The summed E-state index contributed by atoms with van der Waals surface area (Å²) in [6.45, 7) is 4.83. The molecule has 0 aliphatic rings. The molecule has 0 aromatic rings. The second kappa shape index (κ2) is 11.1. The molecule has 0 aliphatic carbocycles. The summed E-state index contributed by atoms with van der Waals surface area (Å²) in [5.74, 6) is -0.463. The Morgan fingerprint density at radius 2 is 1.79 bits per heavy atom. The number of esters is 1. The first-order chi connectivity index (χ1) is 8.93. The third-order valence-electron chi connectivity index (χ3n) is 2.81. The summed E-state index contributed by atoms with van der Waals surface area (Å²) < 4.78 is 5.11. The smallest absolute Gasteiger partial charge is 0.318 e. The van der Waals surface area contributed by atoms with E-state index < -0.39 is 11.2 Å². The maximum Gasteiger partial charge on any atom is 0.318 e. The molecule has 0 saturated carbocycles. The molecule has 5 heteroatoms. The Morgan fingerprint density at radius 1 is 1.11 bits per heavy atom. The van der Waals surface area contributed by atoms with Crippen LogP contribution in [-0.4, -0.2) is 28.9 Å². The quantitative estimate of drug-likeness (QED) is 0.348. The number of carbonyl (C=O) groups excluding carboxylic acids is 1. The number of carboxylic acids is 1. The Hall–Kier alpha value is -0.710. The summed E-state index contributed by atoms with van der Waals surface area (Å²) >= 11 is 4.13. The van der Waals surface area contributed by atoms with E-state index in [0.717, 1.165) is 25.2 Å². The van der Waals surface area contributed by atoms with Crippen LogP contribution in [0.3, 0.4) is 0 Å². The van der Waals surface area contributed by atoms with Crippen molar-refractivity contribution in [3.8, 4) is 0 Å². The zero-order chi connectivity index (χ0) is 14.7. The van der Waals surface area contributed by atoms with Crippen LogP contribution in [0.4, 0.5) is 0 Å². The van der Waals surface area contributed by atoms with Crippen molar-refractivity contribution in [2.75, 3.05) is 6.61 Å². The minimum absolute atomic E-state index is 0.0690. The van der Waals surface area contributed by atoms with Gasteiger partial charge in [-0.1, -0.05) is 33.1 Å². The van der Waals surface area contributed by atoms with Gasteiger partial charge in [0.25, 0.3) is 0 Å². The van der Waals surface area contributed by atoms with E-state index in [4.69, 9.17) is 9.84 Å². The normalized spacial score (nSPS) is 12.4. The van der Waals surface area contributed by atoms with E-state index >= 15 is 0 Å². The predicted molar refractivity (Wildman–Crippen MR) is 78.5 cm³/mol. The molecule has 0 amide bonds. The second-order valence-corrected chi connectivity index (χ2v) is 5.84. The van der Waals surface area contributed by atoms with Crippen molar-refractivity contribution < 1.29 is 19.4 Å². The number of hydrogen-bond donors (Lipinski definition) is 2. The van der Waals surface area contributed by atoms with Gasteiger partial charge in [0, 0.05) is 6.42 Å². The van der Waals surface area contributed by atoms with Crippen LogP contribution < -0.4 is 0 Å². The van der Waals surface area contributed by atoms with Gasteiger partial charge in [-0.05, 0) is 25.2 Å². The Labute approximate surface area is 121 Å². The summed E-state index contributed by atoms with van der Waals surface area (Å²) in [5.41, 5.74) is 0. The molecule has 4 nitrogen and oxygen atoms in total. The molecule has 0 rings (SSSR count). The third-order valence-corrected chi connectivity index (χ3v) is 3.28. The highest BCUT2D eigenvalue weighted by Crippen LogP contribution is 2.11. The molecule has 19 heavy (non-hydrogen) atoms. The summed E-state index contributed by atoms with van der Waals surface area (Å²) in [6, 6.07) is 0. The number of hydrogen-bond acceptors (Lipinski definition) is 4. The van der Waals surface area contributed by atoms with Crippen LogP contribution in [0, 0.1) is 5.92 Å². The van der Waals surface area contributed by atoms with E-state index in [1.807, 2.05) is 0 Å². The fourth-order valence-corrected chi connectivity index (χ4v) is 1.92. The molecular formula is C14H26O4S. The average Bonchev–Trinajstić information content (AvgIpc) is 2.32. The van der Waals surface area contributed by atoms with Gasteiger partial charge in [0.2, 0.25) is 0 Å². The lowest BCUT2D eigenvalue weighted by molar-refractivity contribution is -0.143. The van der Waals surface area contributed by atoms with Gasteiger partial charge in [0.15, 0.2) is 0 Å². The molecule has 0 spiro atoms. The van der Waals surface area contributed by atoms with Crippen LogP contribution in [0.1, 0.15) is 58.8 Å². The lowest BCUT2D eigenvalue weighted by atomic mass is 10.1. The Morgan fingerprint density at radius 3 is 2.37 bits per heavy atom. The zero-order valence-electron chi connectivity index (χ0n) is 11.9. The SMILES string of the molecule is CC(C)CCCCCOC(=O)C(S)CCCC(=O)O. The molecule has 0 heterocycles. The van der Waals surface area contributed by atoms with Crippen LogP contribution in [0.5, 0.6) is 0 Å². The minimum Gasteiger partial charge on any atom is -0.481 e. The molecule has 1 unspecified atom stereocenters. The van der Waals surface area contributed by atoms with Crippen LogP contribution in [-0.2, 0) is 14.3 Å². The maximum atomic E-state index is 11.5. The molecule has 0 radical (unpaired) electrons. The van der Waals surface area contributed by atoms with Crippen molar-refractivity contribution in [2.45, 2.75) is 64.0 Å². The molecule has 0 aromatic heterocycles. The number of unbranched alkanes of at least 4 members (excludes halogenated alkanes) is 2. The molecular weight excluding hydrogens is 264 g/mol. The first-order valence-electron chi connectivity index (χ1n) is 7.00. The van der Waals surface area contributed by atoms with Gasteiger partial charge in [-0.3, -0.25) is 9.59 Å². The van der Waals surface area contributed by atoms with Crippen molar-refractivity contribution in [1.29, 1.82) is 0 Å². The number of aliphatic carboxylic acids is 1. The molecule has 0 aliphatic heterocycles. The summed E-state index contributed by atoms with van der Waals surface area (Å²) in [7, 11) is 0. The van der Waals surface area contributed by atoms with Gasteiger partial charge < -0.3 is 9.84 Å². The van der Waals surface area contributed by atoms with Gasteiger partial charge >= 0.3 is 11.9 Å². The lowest BCUT2D eigenvalue weighted by Gasteiger charge is -2.10. The van der Waals surface area contributed by atoms with Gasteiger partial charge in [-0.2, -0.15) is 12.6 Å². The van der Waals surface area contributed by atoms with E-state index in [0.29, 0.717) is 19.4 Å². The van der Waals surface area contributed by atoms with E-state index in [1.54, 1.807) is 0 Å². The van der Waals surface area contributed by atoms with Gasteiger partial charge in [-0.25, -0.2) is 0 Å². The maximum absolute atomic E-state index is 11.5. The van der Waals surface area contributed by atoms with E-state index in [-0.39, 0.29) is 12.4 Å². The topological polar surface area (TPSA) is 63.6 Å². The Kier molecular flexibility index (Phi) is 10.7. The van der Waals surface area contributed by atoms with Crippen molar-refractivity contribution >= 4 is 24.6 Å². The largest absolute Gasteiger partial charge is 0.481 e. The standard InChI is InChI=1S/C14H26O4S/c1-11(2)7-4-3-5-10-18-14(17)12(19)8-6-9-13(15)16/h11-12,19H,3-10H2,1-2H3,(H,15,16). The monoisotopic (exact) mass is 290 g/mol. The van der Waals surface area contributed by atoms with Gasteiger partial charge in [0.05, 0.1) is 11.9 Å². The van der Waals surface area contributed by atoms with E-state index in [2.05, 4.69) is 26.5 Å². The molecule has 1 atom stereocenters. The molecule has 0 bridgehead atoms. The first kappa shape index (κ1) is 18.3.